The van der Waals surface area contributed by atoms with Crippen LogP contribution in [-0.2, 0) is 22.7 Å². The van der Waals surface area contributed by atoms with Crippen molar-refractivity contribution in [3.05, 3.63) is 17.5 Å². The number of amides is 1. The minimum Gasteiger partial charge on any atom is -0.377 e. The van der Waals surface area contributed by atoms with Crippen molar-refractivity contribution in [2.75, 3.05) is 26.7 Å². The van der Waals surface area contributed by atoms with Gasteiger partial charge in [-0.1, -0.05) is 5.16 Å². The maximum atomic E-state index is 11.3. The fourth-order valence-electron chi connectivity index (χ4n) is 2.06. The maximum Gasteiger partial charge on any atom is 0.236 e. The van der Waals surface area contributed by atoms with E-state index in [0.29, 0.717) is 25.5 Å². The van der Waals surface area contributed by atoms with E-state index in [4.69, 9.17) is 15.0 Å². The molecule has 0 radical (unpaired) electrons. The molecule has 2 heterocycles. The van der Waals surface area contributed by atoms with Gasteiger partial charge in [-0.15, -0.1) is 0 Å². The monoisotopic (exact) mass is 254 g/mol. The standard InChI is InChI=1S/C11H18N4O3/c1-17-7-9-4-8(14-18-9)6-15-3-2-13-5-10(15)11(12)16/h4,10,13H,2-3,5-7H2,1H3,(H2,12,16). The number of hydrogen-bond acceptors (Lipinski definition) is 6. The Morgan fingerprint density at radius 2 is 2.61 bits per heavy atom. The average Bonchev–Trinajstić information content (AvgIpc) is 2.77. The summed E-state index contributed by atoms with van der Waals surface area (Å²) in [6.07, 6.45) is 0. The van der Waals surface area contributed by atoms with E-state index in [1.54, 1.807) is 7.11 Å². The molecule has 0 aromatic carbocycles. The Balaban J connectivity index is 1.99. The van der Waals surface area contributed by atoms with Crippen molar-refractivity contribution in [1.29, 1.82) is 0 Å². The van der Waals surface area contributed by atoms with E-state index in [1.807, 2.05) is 11.0 Å². The second-order valence-electron chi connectivity index (χ2n) is 4.31. The van der Waals surface area contributed by atoms with Crippen LogP contribution in [0.25, 0.3) is 0 Å². The highest BCUT2D eigenvalue weighted by atomic mass is 16.5. The molecule has 1 aromatic heterocycles. The van der Waals surface area contributed by atoms with E-state index in [0.717, 1.165) is 18.8 Å². The van der Waals surface area contributed by atoms with Crippen LogP contribution in [0.3, 0.4) is 0 Å². The molecule has 2 rings (SSSR count). The first-order chi connectivity index (χ1) is 8.70. The van der Waals surface area contributed by atoms with E-state index >= 15 is 0 Å². The summed E-state index contributed by atoms with van der Waals surface area (Å²) < 4.78 is 10.1. The Morgan fingerprint density at radius 3 is 3.33 bits per heavy atom. The third-order valence-corrected chi connectivity index (χ3v) is 2.94. The summed E-state index contributed by atoms with van der Waals surface area (Å²) in [5, 5.41) is 7.10. The van der Waals surface area contributed by atoms with Gasteiger partial charge in [-0.25, -0.2) is 0 Å². The van der Waals surface area contributed by atoms with Gasteiger partial charge < -0.3 is 20.3 Å². The molecule has 1 atom stereocenters. The summed E-state index contributed by atoms with van der Waals surface area (Å²) in [5.41, 5.74) is 6.17. The number of nitrogens with two attached hydrogens (primary N) is 1. The lowest BCUT2D eigenvalue weighted by Gasteiger charge is -2.33. The summed E-state index contributed by atoms with van der Waals surface area (Å²) >= 11 is 0. The highest BCUT2D eigenvalue weighted by Crippen LogP contribution is 2.11. The fourth-order valence-corrected chi connectivity index (χ4v) is 2.06. The molecule has 1 aromatic rings. The molecule has 7 heteroatoms. The number of piperazine rings is 1. The topological polar surface area (TPSA) is 93.6 Å². The Morgan fingerprint density at radius 1 is 1.78 bits per heavy atom. The summed E-state index contributed by atoms with van der Waals surface area (Å²) in [7, 11) is 1.60. The van der Waals surface area contributed by atoms with Crippen molar-refractivity contribution >= 4 is 5.91 Å². The number of methoxy groups -OCH3 is 1. The van der Waals surface area contributed by atoms with Gasteiger partial charge in [-0.05, 0) is 0 Å². The zero-order valence-electron chi connectivity index (χ0n) is 10.4. The van der Waals surface area contributed by atoms with Crippen LogP contribution in [0, 0.1) is 0 Å². The number of hydrogen-bond donors (Lipinski definition) is 2. The summed E-state index contributed by atoms with van der Waals surface area (Å²) in [5.74, 6) is 0.362. The third kappa shape index (κ3) is 3.06. The van der Waals surface area contributed by atoms with Gasteiger partial charge in [0.1, 0.15) is 12.6 Å². The number of carbonyl (C=O) groups is 1. The number of aromatic nitrogens is 1. The molecule has 100 valence electrons. The second-order valence-corrected chi connectivity index (χ2v) is 4.31. The molecule has 7 nitrogen and oxygen atoms in total. The Kier molecular flexibility index (Phi) is 4.29. The number of primary amides is 1. The summed E-state index contributed by atoms with van der Waals surface area (Å²) in [4.78, 5) is 13.3. The quantitative estimate of drug-likeness (QED) is 0.706. The van der Waals surface area contributed by atoms with Crippen molar-refractivity contribution in [1.82, 2.24) is 15.4 Å². The van der Waals surface area contributed by atoms with Crippen molar-refractivity contribution in [2.24, 2.45) is 5.73 Å². The van der Waals surface area contributed by atoms with Crippen LogP contribution in [0.4, 0.5) is 0 Å². The van der Waals surface area contributed by atoms with Crippen molar-refractivity contribution in [2.45, 2.75) is 19.2 Å². The number of nitrogens with one attached hydrogen (secondary N) is 1. The lowest BCUT2D eigenvalue weighted by Crippen LogP contribution is -2.56. The van der Waals surface area contributed by atoms with Crippen LogP contribution in [0.2, 0.25) is 0 Å². The molecular weight excluding hydrogens is 236 g/mol. The molecule has 0 aliphatic carbocycles. The zero-order chi connectivity index (χ0) is 13.0. The number of rotatable bonds is 5. The normalized spacial score (nSPS) is 21.1. The minimum absolute atomic E-state index is 0.290. The predicted molar refractivity (Wildman–Crippen MR) is 63.5 cm³/mol. The molecule has 0 saturated carbocycles. The molecule has 18 heavy (non-hydrogen) atoms. The first-order valence-corrected chi connectivity index (χ1v) is 5.88. The van der Waals surface area contributed by atoms with Gasteiger partial charge in [0, 0.05) is 39.4 Å². The molecular formula is C11H18N4O3. The van der Waals surface area contributed by atoms with Crippen LogP contribution >= 0.6 is 0 Å². The molecule has 1 aliphatic heterocycles. The first kappa shape index (κ1) is 13.0. The molecule has 0 spiro atoms. The van der Waals surface area contributed by atoms with E-state index < -0.39 is 0 Å². The van der Waals surface area contributed by atoms with Crippen LogP contribution < -0.4 is 11.1 Å². The molecule has 1 unspecified atom stereocenters. The molecule has 1 aliphatic rings. The molecule has 3 N–H and O–H groups in total. The second kappa shape index (κ2) is 5.94. The highest BCUT2D eigenvalue weighted by molar-refractivity contribution is 5.80. The Hall–Kier alpha value is -1.44. The van der Waals surface area contributed by atoms with Crippen molar-refractivity contribution in [3.63, 3.8) is 0 Å². The van der Waals surface area contributed by atoms with Gasteiger partial charge in [0.15, 0.2) is 5.76 Å². The van der Waals surface area contributed by atoms with E-state index in [2.05, 4.69) is 10.5 Å². The smallest absolute Gasteiger partial charge is 0.236 e. The van der Waals surface area contributed by atoms with Gasteiger partial charge in [0.05, 0.1) is 5.69 Å². The molecule has 1 saturated heterocycles. The number of nitrogens with zero attached hydrogens (tertiary/aromatic N) is 2. The lowest BCUT2D eigenvalue weighted by atomic mass is 10.1. The van der Waals surface area contributed by atoms with Crippen LogP contribution in [0.1, 0.15) is 11.5 Å². The van der Waals surface area contributed by atoms with Crippen LogP contribution in [0.15, 0.2) is 10.6 Å². The Labute approximate surface area is 105 Å². The van der Waals surface area contributed by atoms with Gasteiger partial charge in [0.2, 0.25) is 5.91 Å². The van der Waals surface area contributed by atoms with Gasteiger partial charge >= 0.3 is 0 Å². The van der Waals surface area contributed by atoms with Gasteiger partial charge in [-0.2, -0.15) is 0 Å². The lowest BCUT2D eigenvalue weighted by molar-refractivity contribution is -0.124. The minimum atomic E-state index is -0.317. The molecule has 1 fully saturated rings. The van der Waals surface area contributed by atoms with Crippen molar-refractivity contribution in [3.8, 4) is 0 Å². The first-order valence-electron chi connectivity index (χ1n) is 5.88. The van der Waals surface area contributed by atoms with Crippen molar-refractivity contribution < 1.29 is 14.1 Å². The highest BCUT2D eigenvalue weighted by Gasteiger charge is 2.27. The maximum absolute atomic E-state index is 11.3. The molecule has 1 amide bonds. The zero-order valence-corrected chi connectivity index (χ0v) is 10.4. The largest absolute Gasteiger partial charge is 0.377 e. The van der Waals surface area contributed by atoms with E-state index in [9.17, 15) is 4.79 Å². The molecule has 0 bridgehead atoms. The Bertz CT molecular complexity index is 407. The van der Waals surface area contributed by atoms with Crippen LogP contribution in [0.5, 0.6) is 0 Å². The average molecular weight is 254 g/mol. The van der Waals surface area contributed by atoms with E-state index in [1.165, 1.54) is 0 Å². The van der Waals surface area contributed by atoms with Gasteiger partial charge in [-0.3, -0.25) is 9.69 Å². The SMILES string of the molecule is COCc1cc(CN2CCNCC2C(N)=O)no1. The van der Waals surface area contributed by atoms with Crippen LogP contribution in [-0.4, -0.2) is 48.7 Å². The van der Waals surface area contributed by atoms with E-state index in [-0.39, 0.29) is 11.9 Å². The predicted octanol–water partition coefficient (Wildman–Crippen LogP) is -0.920. The number of ether oxygens (including phenoxy) is 1. The summed E-state index contributed by atoms with van der Waals surface area (Å²) in [6, 6.07) is 1.55. The third-order valence-electron chi connectivity index (χ3n) is 2.94. The fraction of sp³-hybridized carbons (Fsp3) is 0.636. The number of carbonyl (C=O) groups excluding carboxylic acids is 1. The summed E-state index contributed by atoms with van der Waals surface area (Å²) in [6.45, 7) is 3.14. The van der Waals surface area contributed by atoms with Gasteiger partial charge in [0.25, 0.3) is 0 Å².